The van der Waals surface area contributed by atoms with E-state index in [1.165, 1.54) is 4.90 Å². The van der Waals surface area contributed by atoms with E-state index in [1.54, 1.807) is 30.6 Å². The van der Waals surface area contributed by atoms with E-state index in [-0.39, 0.29) is 0 Å². The number of rotatable bonds is 5. The number of para-hydroxylation sites is 1. The van der Waals surface area contributed by atoms with E-state index in [9.17, 15) is 4.79 Å². The van der Waals surface area contributed by atoms with Crippen LogP contribution in [-0.2, 0) is 0 Å². The normalized spacial score (nSPS) is 10.8. The number of halogens is 1. The van der Waals surface area contributed by atoms with E-state index >= 15 is 0 Å². The molecule has 0 aliphatic carbocycles. The zero-order valence-electron chi connectivity index (χ0n) is 19.6. The van der Waals surface area contributed by atoms with Gasteiger partial charge in [0.25, 0.3) is 0 Å². The number of carbonyl (C=O) groups is 1. The van der Waals surface area contributed by atoms with E-state index in [0.29, 0.717) is 34.0 Å². The fourth-order valence-corrected chi connectivity index (χ4v) is 3.96. The molecule has 2 aromatic heterocycles. The number of anilines is 4. The molecule has 0 spiro atoms. The second kappa shape index (κ2) is 10.0. The van der Waals surface area contributed by atoms with Crippen LogP contribution in [0, 0.1) is 13.8 Å². The molecule has 7 nitrogen and oxygen atoms in total. The third-order valence-corrected chi connectivity index (χ3v) is 5.85. The first-order valence-corrected chi connectivity index (χ1v) is 11.6. The Kier molecular flexibility index (Phi) is 6.47. The minimum Gasteiger partial charge on any atom is -0.409 e. The molecule has 0 bridgehead atoms. The average molecular weight is 496 g/mol. The smallest absolute Gasteiger partial charge is 0.409 e. The van der Waals surface area contributed by atoms with E-state index in [1.807, 2.05) is 74.5 Å². The summed E-state index contributed by atoms with van der Waals surface area (Å²) in [6, 6.07) is 24.5. The lowest BCUT2D eigenvalue weighted by Gasteiger charge is -2.23. The van der Waals surface area contributed by atoms with Gasteiger partial charge < -0.3 is 10.1 Å². The highest BCUT2D eigenvalue weighted by Gasteiger charge is 2.24. The van der Waals surface area contributed by atoms with Gasteiger partial charge in [-0.05, 0) is 60.0 Å². The number of nitrogens with one attached hydrogen (secondary N) is 1. The third-order valence-electron chi connectivity index (χ3n) is 5.63. The Balaban J connectivity index is 1.55. The van der Waals surface area contributed by atoms with Gasteiger partial charge in [-0.2, -0.15) is 4.98 Å². The van der Waals surface area contributed by atoms with Gasteiger partial charge in [-0.1, -0.05) is 60.1 Å². The Hall–Kier alpha value is -4.49. The topological polar surface area (TPSA) is 80.2 Å². The Bertz CT molecular complexity index is 1540. The number of aryl methyl sites for hydroxylation is 2. The number of nitrogens with zero attached hydrogens (tertiary/aromatic N) is 4. The van der Waals surface area contributed by atoms with Crippen molar-refractivity contribution in [1.82, 2.24) is 15.0 Å². The maximum Gasteiger partial charge on any atom is 0.425 e. The van der Waals surface area contributed by atoms with Gasteiger partial charge in [-0.3, -0.25) is 0 Å². The number of amides is 1. The van der Waals surface area contributed by atoms with Gasteiger partial charge in [0.2, 0.25) is 5.95 Å². The second-order valence-electron chi connectivity index (χ2n) is 8.19. The second-order valence-corrected chi connectivity index (χ2v) is 8.58. The number of fused-ring (bicyclic) bond motifs is 1. The molecule has 0 fully saturated rings. The van der Waals surface area contributed by atoms with Crippen LogP contribution in [0.2, 0.25) is 5.15 Å². The molecular weight excluding hydrogens is 474 g/mol. The highest BCUT2D eigenvalue weighted by molar-refractivity contribution is 6.29. The van der Waals surface area contributed by atoms with Gasteiger partial charge in [-0.25, -0.2) is 19.7 Å². The molecule has 0 radical (unpaired) electrons. The predicted molar refractivity (Wildman–Crippen MR) is 143 cm³/mol. The summed E-state index contributed by atoms with van der Waals surface area (Å²) >= 11 is 5.89. The van der Waals surface area contributed by atoms with Crippen molar-refractivity contribution in [2.75, 3.05) is 10.2 Å². The van der Waals surface area contributed by atoms with Gasteiger partial charge in [-0.15, -0.1) is 0 Å². The maximum absolute atomic E-state index is 13.7. The molecule has 0 saturated heterocycles. The van der Waals surface area contributed by atoms with Crippen LogP contribution >= 0.6 is 11.6 Å². The Labute approximate surface area is 213 Å². The van der Waals surface area contributed by atoms with E-state index < -0.39 is 6.09 Å². The number of aromatic nitrogens is 3. The molecule has 1 amide bonds. The first kappa shape index (κ1) is 23.3. The molecule has 5 rings (SSSR count). The summed E-state index contributed by atoms with van der Waals surface area (Å²) in [6.45, 7) is 3.81. The summed E-state index contributed by atoms with van der Waals surface area (Å²) in [7, 11) is 0. The van der Waals surface area contributed by atoms with E-state index in [2.05, 4.69) is 20.3 Å². The SMILES string of the molecule is Cc1cccc(C)c1OC(=O)N(c1ccc2ccccc2c1)c1ccnc(Nc2ccc(Cl)nc2)n1. The third kappa shape index (κ3) is 4.96. The molecule has 0 aliphatic rings. The average Bonchev–Trinajstić information content (AvgIpc) is 2.88. The number of hydrogen-bond donors (Lipinski definition) is 1. The number of carbonyl (C=O) groups excluding carboxylic acids is 1. The molecular formula is C28H22ClN5O2. The highest BCUT2D eigenvalue weighted by atomic mass is 35.5. The fourth-order valence-electron chi connectivity index (χ4n) is 3.85. The van der Waals surface area contributed by atoms with Crippen molar-refractivity contribution < 1.29 is 9.53 Å². The quantitative estimate of drug-likeness (QED) is 0.256. The Morgan fingerprint density at radius 2 is 1.67 bits per heavy atom. The largest absolute Gasteiger partial charge is 0.425 e. The van der Waals surface area contributed by atoms with E-state index in [0.717, 1.165) is 21.9 Å². The Morgan fingerprint density at radius 1 is 0.889 bits per heavy atom. The minimum absolute atomic E-state index is 0.294. The molecule has 0 aliphatic heterocycles. The fraction of sp³-hybridized carbons (Fsp3) is 0.0714. The van der Waals surface area contributed by atoms with E-state index in [4.69, 9.17) is 16.3 Å². The summed E-state index contributed by atoms with van der Waals surface area (Å²) in [5.74, 6) is 1.16. The van der Waals surface area contributed by atoms with Crippen LogP contribution in [0.5, 0.6) is 5.75 Å². The first-order valence-electron chi connectivity index (χ1n) is 11.3. The standard InChI is InChI=1S/C28H22ClN5O2/c1-18-6-5-7-19(2)26(18)36-28(35)34(23-12-10-20-8-3-4-9-21(20)16-23)25-14-15-30-27(33-25)32-22-11-13-24(29)31-17-22/h3-17H,1-2H3,(H,30,32,33). The van der Waals surface area contributed by atoms with Crippen molar-refractivity contribution in [2.24, 2.45) is 0 Å². The highest BCUT2D eigenvalue weighted by Crippen LogP contribution is 2.31. The van der Waals surface area contributed by atoms with Crippen molar-refractivity contribution in [2.45, 2.75) is 13.8 Å². The lowest BCUT2D eigenvalue weighted by Crippen LogP contribution is -2.30. The van der Waals surface area contributed by atoms with Crippen molar-refractivity contribution in [1.29, 1.82) is 0 Å². The molecule has 178 valence electrons. The first-order chi connectivity index (χ1) is 17.5. The summed E-state index contributed by atoms with van der Waals surface area (Å²) < 4.78 is 5.91. The van der Waals surface area contributed by atoms with Gasteiger partial charge in [0.05, 0.1) is 17.6 Å². The summed E-state index contributed by atoms with van der Waals surface area (Å²) in [6.07, 6.45) is 2.57. The lowest BCUT2D eigenvalue weighted by molar-refractivity contribution is 0.209. The number of ether oxygens (including phenoxy) is 1. The minimum atomic E-state index is -0.583. The van der Waals surface area contributed by atoms with Crippen LogP contribution in [0.1, 0.15) is 11.1 Å². The van der Waals surface area contributed by atoms with Crippen molar-refractivity contribution in [3.63, 3.8) is 0 Å². The van der Waals surface area contributed by atoms with Crippen LogP contribution < -0.4 is 15.0 Å². The van der Waals surface area contributed by atoms with Crippen LogP contribution in [0.4, 0.5) is 27.9 Å². The number of pyridine rings is 1. The predicted octanol–water partition coefficient (Wildman–Crippen LogP) is 7.38. The van der Waals surface area contributed by atoms with Crippen LogP contribution in [-0.4, -0.2) is 21.0 Å². The number of benzene rings is 3. The van der Waals surface area contributed by atoms with Crippen molar-refractivity contribution >= 4 is 51.6 Å². The van der Waals surface area contributed by atoms with Crippen molar-refractivity contribution in [3.05, 3.63) is 108 Å². The summed E-state index contributed by atoms with van der Waals surface area (Å²) in [5, 5.41) is 5.52. The van der Waals surface area contributed by atoms with Gasteiger partial charge in [0.1, 0.15) is 16.7 Å². The summed E-state index contributed by atoms with van der Waals surface area (Å²) in [5.41, 5.74) is 3.00. The zero-order valence-corrected chi connectivity index (χ0v) is 20.4. The van der Waals surface area contributed by atoms with Crippen LogP contribution in [0.25, 0.3) is 10.8 Å². The van der Waals surface area contributed by atoms with Gasteiger partial charge >= 0.3 is 6.09 Å². The van der Waals surface area contributed by atoms with Crippen LogP contribution in [0.15, 0.2) is 91.3 Å². The molecule has 2 heterocycles. The molecule has 5 aromatic rings. The summed E-state index contributed by atoms with van der Waals surface area (Å²) in [4.78, 5) is 28.0. The van der Waals surface area contributed by atoms with Gasteiger partial charge in [0.15, 0.2) is 0 Å². The zero-order chi connectivity index (χ0) is 25.1. The maximum atomic E-state index is 13.7. The van der Waals surface area contributed by atoms with Crippen molar-refractivity contribution in [3.8, 4) is 5.75 Å². The van der Waals surface area contributed by atoms with Crippen LogP contribution in [0.3, 0.4) is 0 Å². The number of hydrogen-bond acceptors (Lipinski definition) is 6. The Morgan fingerprint density at radius 3 is 2.42 bits per heavy atom. The molecule has 36 heavy (non-hydrogen) atoms. The van der Waals surface area contributed by atoms with Gasteiger partial charge in [0, 0.05) is 12.3 Å². The molecule has 0 atom stereocenters. The monoisotopic (exact) mass is 495 g/mol. The molecule has 8 heteroatoms. The molecule has 1 N–H and O–H groups in total. The molecule has 0 unspecified atom stereocenters. The molecule has 3 aromatic carbocycles. The lowest BCUT2D eigenvalue weighted by atomic mass is 10.1. The molecule has 0 saturated carbocycles.